The Bertz CT molecular complexity index is 999. The van der Waals surface area contributed by atoms with Crippen LogP contribution in [-0.2, 0) is 12.0 Å². The van der Waals surface area contributed by atoms with Crippen molar-refractivity contribution in [2.24, 2.45) is 10.9 Å². The van der Waals surface area contributed by atoms with Gasteiger partial charge in [-0.05, 0) is 30.9 Å². The first-order chi connectivity index (χ1) is 13.9. The molecule has 0 bridgehead atoms. The van der Waals surface area contributed by atoms with E-state index in [1.54, 1.807) is 0 Å². The van der Waals surface area contributed by atoms with Gasteiger partial charge in [-0.25, -0.2) is 4.99 Å². The van der Waals surface area contributed by atoms with E-state index >= 15 is 0 Å². The number of likely N-dealkylation sites (tertiary alicyclic amines) is 1. The maximum Gasteiger partial charge on any atom is 0.397 e. The van der Waals surface area contributed by atoms with Crippen molar-refractivity contribution < 1.29 is 13.2 Å². The quantitative estimate of drug-likeness (QED) is 0.701. The number of allylic oxidation sites excluding steroid dienone is 1. The van der Waals surface area contributed by atoms with E-state index in [2.05, 4.69) is 33.5 Å². The molecule has 3 aliphatic heterocycles. The number of aromatic amines is 1. The van der Waals surface area contributed by atoms with Crippen molar-refractivity contribution in [2.75, 3.05) is 19.6 Å². The number of rotatable bonds is 1. The summed E-state index contributed by atoms with van der Waals surface area (Å²) in [6.45, 7) is 2.31. The Morgan fingerprint density at radius 1 is 1.17 bits per heavy atom. The van der Waals surface area contributed by atoms with Gasteiger partial charge in [0, 0.05) is 48.9 Å². The maximum atomic E-state index is 13.0. The summed E-state index contributed by atoms with van der Waals surface area (Å²) in [4.78, 5) is 9.75. The number of hydrogen-bond donors (Lipinski definition) is 2. The van der Waals surface area contributed by atoms with Gasteiger partial charge in [-0.15, -0.1) is 0 Å². The zero-order chi connectivity index (χ0) is 20.2. The molecule has 1 aromatic heterocycles. The Balaban J connectivity index is 1.37. The number of piperidine rings is 1. The molecule has 1 aromatic carbocycles. The number of alkyl halides is 3. The largest absolute Gasteiger partial charge is 0.397 e. The first-order valence-corrected chi connectivity index (χ1v) is 10.3. The summed E-state index contributed by atoms with van der Waals surface area (Å²) in [6.07, 6.45) is -0.850. The predicted octanol–water partition coefficient (Wildman–Crippen LogP) is 4.67. The lowest BCUT2D eigenvalue weighted by Crippen LogP contribution is -2.54. The van der Waals surface area contributed by atoms with Crippen LogP contribution in [-0.4, -0.2) is 41.9 Å². The molecule has 0 aliphatic carbocycles. The first-order valence-electron chi connectivity index (χ1n) is 9.97. The van der Waals surface area contributed by atoms with Crippen molar-refractivity contribution in [3.63, 3.8) is 0 Å². The fourth-order valence-electron chi connectivity index (χ4n) is 4.93. The summed E-state index contributed by atoms with van der Waals surface area (Å²) in [5.41, 5.74) is 3.66. The van der Waals surface area contributed by atoms with Gasteiger partial charge in [0.2, 0.25) is 0 Å². The van der Waals surface area contributed by atoms with Gasteiger partial charge in [-0.1, -0.05) is 29.8 Å². The third-order valence-electron chi connectivity index (χ3n) is 6.49. The van der Waals surface area contributed by atoms with E-state index in [9.17, 15) is 13.2 Å². The molecule has 0 amide bonds. The lowest BCUT2D eigenvalue weighted by molar-refractivity contribution is -0.153. The maximum absolute atomic E-state index is 13.0. The summed E-state index contributed by atoms with van der Waals surface area (Å²) >= 11 is 6.23. The predicted molar refractivity (Wildman–Crippen MR) is 108 cm³/mol. The van der Waals surface area contributed by atoms with Gasteiger partial charge in [-0.2, -0.15) is 13.2 Å². The van der Waals surface area contributed by atoms with E-state index in [0.717, 1.165) is 37.5 Å². The van der Waals surface area contributed by atoms with Crippen molar-refractivity contribution >= 4 is 28.7 Å². The lowest BCUT2D eigenvalue weighted by Gasteiger charge is -2.45. The van der Waals surface area contributed by atoms with Gasteiger partial charge in [0.25, 0.3) is 0 Å². The molecule has 8 heteroatoms. The summed E-state index contributed by atoms with van der Waals surface area (Å²) in [7, 11) is 0. The van der Waals surface area contributed by atoms with Crippen molar-refractivity contribution in [3.8, 4) is 0 Å². The number of nitrogens with one attached hydrogen (secondary N) is 2. The molecule has 0 radical (unpaired) electrons. The topological polar surface area (TPSA) is 43.4 Å². The highest BCUT2D eigenvalue weighted by atomic mass is 35.5. The summed E-state index contributed by atoms with van der Waals surface area (Å²) in [5, 5.41) is 5.21. The standard InChI is InChI=1S/C21H22ClF3N4/c22-16-11-13(21(23,24)25)12-26-19(16)29-9-6-20(7-10-29)18-15(5-8-27-20)14-3-1-2-4-17(14)28-18/h1-4,12-13,27-28H,5-11H2. The molecule has 29 heavy (non-hydrogen) atoms. The van der Waals surface area contributed by atoms with E-state index in [4.69, 9.17) is 11.6 Å². The van der Waals surface area contributed by atoms with Crippen molar-refractivity contribution in [1.82, 2.24) is 15.2 Å². The number of para-hydroxylation sites is 1. The zero-order valence-corrected chi connectivity index (χ0v) is 16.6. The number of H-pyrrole nitrogens is 1. The number of halogens is 4. The molecule has 5 rings (SSSR count). The number of benzene rings is 1. The lowest BCUT2D eigenvalue weighted by atomic mass is 9.79. The highest BCUT2D eigenvalue weighted by Crippen LogP contribution is 2.42. The Hall–Kier alpha value is -1.99. The second-order valence-electron chi connectivity index (χ2n) is 8.13. The average Bonchev–Trinajstić information content (AvgIpc) is 3.09. The molecule has 0 saturated carbocycles. The molecule has 154 valence electrons. The Morgan fingerprint density at radius 2 is 1.93 bits per heavy atom. The number of aromatic nitrogens is 1. The van der Waals surface area contributed by atoms with E-state index < -0.39 is 12.1 Å². The molecule has 1 atom stereocenters. The Morgan fingerprint density at radius 3 is 2.66 bits per heavy atom. The number of aliphatic imine (C=N–C) groups is 1. The van der Waals surface area contributed by atoms with Crippen LogP contribution in [0.15, 0.2) is 40.1 Å². The average molecular weight is 423 g/mol. The fourth-order valence-corrected chi connectivity index (χ4v) is 5.27. The van der Waals surface area contributed by atoms with Gasteiger partial charge in [0.15, 0.2) is 0 Å². The second kappa shape index (κ2) is 6.77. The van der Waals surface area contributed by atoms with E-state index in [0.29, 0.717) is 18.9 Å². The van der Waals surface area contributed by atoms with Crippen LogP contribution in [0.4, 0.5) is 13.2 Å². The zero-order valence-electron chi connectivity index (χ0n) is 15.8. The molecular weight excluding hydrogens is 401 g/mol. The molecule has 2 aromatic rings. The van der Waals surface area contributed by atoms with Crippen LogP contribution < -0.4 is 5.32 Å². The van der Waals surface area contributed by atoms with E-state index in [1.807, 2.05) is 11.0 Å². The smallest absolute Gasteiger partial charge is 0.357 e. The van der Waals surface area contributed by atoms with Gasteiger partial charge in [0.1, 0.15) is 5.82 Å². The Labute approximate surface area is 171 Å². The van der Waals surface area contributed by atoms with Gasteiger partial charge >= 0.3 is 6.18 Å². The monoisotopic (exact) mass is 422 g/mol. The van der Waals surface area contributed by atoms with E-state index in [-0.39, 0.29) is 17.0 Å². The number of fused-ring (bicyclic) bond motifs is 4. The highest BCUT2D eigenvalue weighted by molar-refractivity contribution is 6.30. The molecule has 1 fully saturated rings. The van der Waals surface area contributed by atoms with Crippen LogP contribution in [0, 0.1) is 5.92 Å². The van der Waals surface area contributed by atoms with Crippen molar-refractivity contribution in [1.29, 1.82) is 0 Å². The van der Waals surface area contributed by atoms with Gasteiger partial charge < -0.3 is 15.2 Å². The summed E-state index contributed by atoms with van der Waals surface area (Å²) < 4.78 is 38.9. The number of hydrogen-bond acceptors (Lipinski definition) is 3. The molecule has 4 nitrogen and oxygen atoms in total. The van der Waals surface area contributed by atoms with Crippen LogP contribution in [0.1, 0.15) is 30.5 Å². The summed E-state index contributed by atoms with van der Waals surface area (Å²) in [6, 6.07) is 8.38. The molecule has 1 spiro atoms. The molecule has 1 saturated heterocycles. The third-order valence-corrected chi connectivity index (χ3v) is 6.81. The molecule has 2 N–H and O–H groups in total. The van der Waals surface area contributed by atoms with Gasteiger partial charge in [0.05, 0.1) is 16.5 Å². The van der Waals surface area contributed by atoms with Crippen LogP contribution >= 0.6 is 11.6 Å². The van der Waals surface area contributed by atoms with Crippen molar-refractivity contribution in [3.05, 3.63) is 46.4 Å². The molecule has 1 unspecified atom stereocenters. The summed E-state index contributed by atoms with van der Waals surface area (Å²) in [5.74, 6) is -1.10. The minimum Gasteiger partial charge on any atom is -0.357 e. The third kappa shape index (κ3) is 3.15. The first kappa shape index (κ1) is 19.0. The fraction of sp³-hybridized carbons (Fsp3) is 0.476. The highest BCUT2D eigenvalue weighted by Gasteiger charge is 2.44. The molecule has 3 aliphatic rings. The SMILES string of the molecule is FC(F)(F)C1C=NC(N2CCC3(CC2)NCCc2c3[nH]c3ccccc23)=C(Cl)C1. The Kier molecular flexibility index (Phi) is 4.44. The van der Waals surface area contributed by atoms with Crippen LogP contribution in [0.5, 0.6) is 0 Å². The van der Waals surface area contributed by atoms with Crippen LogP contribution in [0.25, 0.3) is 10.9 Å². The van der Waals surface area contributed by atoms with Crippen LogP contribution in [0.2, 0.25) is 0 Å². The molecule has 4 heterocycles. The normalized spacial score (nSPS) is 24.4. The minimum atomic E-state index is -4.31. The van der Waals surface area contributed by atoms with Gasteiger partial charge in [-0.3, -0.25) is 0 Å². The number of nitrogens with zero attached hydrogens (tertiary/aromatic N) is 2. The van der Waals surface area contributed by atoms with Crippen LogP contribution in [0.3, 0.4) is 0 Å². The minimum absolute atomic E-state index is 0.136. The molecular formula is C21H22ClF3N4. The van der Waals surface area contributed by atoms with E-state index in [1.165, 1.54) is 16.6 Å². The van der Waals surface area contributed by atoms with Crippen molar-refractivity contribution in [2.45, 2.75) is 37.4 Å². The second-order valence-corrected chi connectivity index (χ2v) is 8.59.